The summed E-state index contributed by atoms with van der Waals surface area (Å²) >= 11 is 0. The van der Waals surface area contributed by atoms with Crippen LogP contribution in [0.3, 0.4) is 0 Å². The Morgan fingerprint density at radius 2 is 1.82 bits per heavy atom. The molecule has 0 radical (unpaired) electrons. The van der Waals surface area contributed by atoms with Crippen LogP contribution < -0.4 is 5.32 Å². The van der Waals surface area contributed by atoms with Crippen LogP contribution in [0.1, 0.15) is 24.4 Å². The van der Waals surface area contributed by atoms with Gasteiger partial charge >= 0.3 is 5.97 Å². The molecule has 1 aliphatic heterocycles. The van der Waals surface area contributed by atoms with E-state index in [9.17, 15) is 14.4 Å². The first kappa shape index (κ1) is 14.6. The standard InChI is InChI=1S/C16H18N2O4/c19-14-13(10-4-2-1-3-5-10)18(9-8-17-14)15(20)11-6-7-12(11)16(21)22/h1-5,11-13H,6-9H2,(H,17,19)(H,21,22). The first-order valence-corrected chi connectivity index (χ1v) is 7.45. The van der Waals surface area contributed by atoms with Gasteiger partial charge in [0.15, 0.2) is 0 Å². The second-order valence-electron chi connectivity index (χ2n) is 5.76. The monoisotopic (exact) mass is 302 g/mol. The lowest BCUT2D eigenvalue weighted by atomic mass is 9.72. The van der Waals surface area contributed by atoms with Gasteiger partial charge in [0.05, 0.1) is 11.8 Å². The van der Waals surface area contributed by atoms with E-state index in [0.29, 0.717) is 25.9 Å². The lowest BCUT2D eigenvalue weighted by molar-refractivity contribution is -0.159. The first-order valence-electron chi connectivity index (χ1n) is 7.45. The topological polar surface area (TPSA) is 86.7 Å². The fraction of sp³-hybridized carbons (Fsp3) is 0.438. The summed E-state index contributed by atoms with van der Waals surface area (Å²) in [4.78, 5) is 37.6. The van der Waals surface area contributed by atoms with Gasteiger partial charge in [-0.25, -0.2) is 0 Å². The Labute approximate surface area is 128 Å². The molecule has 1 saturated heterocycles. The van der Waals surface area contributed by atoms with Gasteiger partial charge in [-0.3, -0.25) is 14.4 Å². The molecule has 1 aromatic carbocycles. The smallest absolute Gasteiger partial charge is 0.307 e. The lowest BCUT2D eigenvalue weighted by Gasteiger charge is -2.41. The van der Waals surface area contributed by atoms with Crippen molar-refractivity contribution in [2.75, 3.05) is 13.1 Å². The number of aliphatic carboxylic acids is 1. The SMILES string of the molecule is O=C(O)C1CCC1C(=O)N1CCNC(=O)C1c1ccccc1. The van der Waals surface area contributed by atoms with E-state index < -0.39 is 23.8 Å². The zero-order valence-corrected chi connectivity index (χ0v) is 12.1. The largest absolute Gasteiger partial charge is 0.481 e. The zero-order chi connectivity index (χ0) is 15.7. The Kier molecular flexibility index (Phi) is 3.83. The van der Waals surface area contributed by atoms with Gasteiger partial charge in [0.2, 0.25) is 11.8 Å². The van der Waals surface area contributed by atoms with Gasteiger partial charge in [-0.15, -0.1) is 0 Å². The molecule has 22 heavy (non-hydrogen) atoms. The third kappa shape index (κ3) is 2.45. The van der Waals surface area contributed by atoms with Gasteiger partial charge in [-0.2, -0.15) is 0 Å². The predicted octanol–water partition coefficient (Wildman–Crippen LogP) is 0.797. The van der Waals surface area contributed by atoms with E-state index in [2.05, 4.69) is 5.32 Å². The number of amides is 2. The van der Waals surface area contributed by atoms with Gasteiger partial charge in [0.25, 0.3) is 0 Å². The van der Waals surface area contributed by atoms with Crippen LogP contribution in [0.2, 0.25) is 0 Å². The molecule has 6 heteroatoms. The molecular formula is C16H18N2O4. The molecular weight excluding hydrogens is 284 g/mol. The van der Waals surface area contributed by atoms with Crippen molar-refractivity contribution in [1.29, 1.82) is 0 Å². The van der Waals surface area contributed by atoms with E-state index in [1.165, 1.54) is 4.90 Å². The van der Waals surface area contributed by atoms with Crippen molar-refractivity contribution in [3.8, 4) is 0 Å². The molecule has 6 nitrogen and oxygen atoms in total. The Balaban J connectivity index is 1.85. The molecule has 2 N–H and O–H groups in total. The number of piperazine rings is 1. The molecule has 2 fully saturated rings. The summed E-state index contributed by atoms with van der Waals surface area (Å²) in [6.45, 7) is 0.811. The number of carbonyl (C=O) groups is 3. The van der Waals surface area contributed by atoms with Crippen molar-refractivity contribution >= 4 is 17.8 Å². The van der Waals surface area contributed by atoms with E-state index in [1.54, 1.807) is 0 Å². The quantitative estimate of drug-likeness (QED) is 0.864. The van der Waals surface area contributed by atoms with Gasteiger partial charge < -0.3 is 15.3 Å². The molecule has 0 spiro atoms. The van der Waals surface area contributed by atoms with E-state index in [-0.39, 0.29) is 11.8 Å². The van der Waals surface area contributed by atoms with Crippen LogP contribution in [0.5, 0.6) is 0 Å². The Bertz CT molecular complexity index is 601. The molecule has 1 heterocycles. The predicted molar refractivity (Wildman–Crippen MR) is 77.8 cm³/mol. The van der Waals surface area contributed by atoms with Crippen LogP contribution in [0.15, 0.2) is 30.3 Å². The number of benzene rings is 1. The maximum Gasteiger partial charge on any atom is 0.307 e. The van der Waals surface area contributed by atoms with Crippen molar-refractivity contribution < 1.29 is 19.5 Å². The summed E-state index contributed by atoms with van der Waals surface area (Å²) in [5.74, 6) is -2.48. The van der Waals surface area contributed by atoms with Crippen molar-refractivity contribution in [1.82, 2.24) is 10.2 Å². The average Bonchev–Trinajstić information content (AvgIpc) is 2.46. The second kappa shape index (κ2) is 5.79. The number of rotatable bonds is 3. The molecule has 2 amide bonds. The second-order valence-corrected chi connectivity index (χ2v) is 5.76. The van der Waals surface area contributed by atoms with Crippen molar-refractivity contribution in [3.63, 3.8) is 0 Å². The molecule has 0 bridgehead atoms. The maximum absolute atomic E-state index is 12.7. The molecule has 3 rings (SSSR count). The van der Waals surface area contributed by atoms with Gasteiger partial charge in [0, 0.05) is 13.1 Å². The van der Waals surface area contributed by atoms with Crippen LogP contribution in [0.25, 0.3) is 0 Å². The van der Waals surface area contributed by atoms with E-state index in [1.807, 2.05) is 30.3 Å². The summed E-state index contributed by atoms with van der Waals surface area (Å²) in [7, 11) is 0. The Morgan fingerprint density at radius 1 is 1.14 bits per heavy atom. The summed E-state index contributed by atoms with van der Waals surface area (Å²) in [6, 6.07) is 8.45. The Morgan fingerprint density at radius 3 is 2.41 bits per heavy atom. The number of nitrogens with zero attached hydrogens (tertiary/aromatic N) is 1. The van der Waals surface area contributed by atoms with Crippen molar-refractivity contribution in [2.45, 2.75) is 18.9 Å². The van der Waals surface area contributed by atoms with Gasteiger partial charge in [-0.05, 0) is 18.4 Å². The molecule has 1 aromatic rings. The number of carboxylic acid groups (broad SMARTS) is 1. The zero-order valence-electron chi connectivity index (χ0n) is 12.1. The highest BCUT2D eigenvalue weighted by Gasteiger charge is 2.46. The third-order valence-electron chi connectivity index (χ3n) is 4.52. The highest BCUT2D eigenvalue weighted by atomic mass is 16.4. The molecule has 2 aliphatic rings. The summed E-state index contributed by atoms with van der Waals surface area (Å²) in [6.07, 6.45) is 1.11. The van der Waals surface area contributed by atoms with Crippen LogP contribution in [0, 0.1) is 11.8 Å². The Hall–Kier alpha value is -2.37. The van der Waals surface area contributed by atoms with Gasteiger partial charge in [0.1, 0.15) is 6.04 Å². The minimum absolute atomic E-state index is 0.211. The fourth-order valence-corrected chi connectivity index (χ4v) is 3.18. The molecule has 1 aliphatic carbocycles. The minimum atomic E-state index is -0.928. The molecule has 3 atom stereocenters. The number of hydrogen-bond donors (Lipinski definition) is 2. The number of carboxylic acids is 1. The molecule has 0 aromatic heterocycles. The number of nitrogens with one attached hydrogen (secondary N) is 1. The van der Waals surface area contributed by atoms with Crippen LogP contribution in [-0.2, 0) is 14.4 Å². The van der Waals surface area contributed by atoms with Crippen molar-refractivity contribution in [2.24, 2.45) is 11.8 Å². The highest BCUT2D eigenvalue weighted by molar-refractivity contribution is 5.92. The van der Waals surface area contributed by atoms with E-state index in [4.69, 9.17) is 5.11 Å². The van der Waals surface area contributed by atoms with Crippen LogP contribution in [0.4, 0.5) is 0 Å². The van der Waals surface area contributed by atoms with Gasteiger partial charge in [-0.1, -0.05) is 30.3 Å². The number of hydrogen-bond acceptors (Lipinski definition) is 3. The molecule has 1 saturated carbocycles. The fourth-order valence-electron chi connectivity index (χ4n) is 3.18. The van der Waals surface area contributed by atoms with E-state index >= 15 is 0 Å². The minimum Gasteiger partial charge on any atom is -0.481 e. The highest BCUT2D eigenvalue weighted by Crippen LogP contribution is 2.38. The first-order chi connectivity index (χ1) is 10.6. The normalized spacial score (nSPS) is 27.7. The molecule has 3 unspecified atom stereocenters. The van der Waals surface area contributed by atoms with Crippen molar-refractivity contribution in [3.05, 3.63) is 35.9 Å². The maximum atomic E-state index is 12.7. The third-order valence-corrected chi connectivity index (χ3v) is 4.52. The summed E-state index contributed by atoms with van der Waals surface area (Å²) in [5, 5.41) is 11.9. The number of carbonyl (C=O) groups excluding carboxylic acids is 2. The van der Waals surface area contributed by atoms with Crippen LogP contribution >= 0.6 is 0 Å². The average molecular weight is 302 g/mol. The molecule has 116 valence electrons. The summed E-state index contributed by atoms with van der Waals surface area (Å²) < 4.78 is 0. The summed E-state index contributed by atoms with van der Waals surface area (Å²) in [5.41, 5.74) is 0.749. The van der Waals surface area contributed by atoms with E-state index in [0.717, 1.165) is 5.56 Å². The van der Waals surface area contributed by atoms with Crippen LogP contribution in [-0.4, -0.2) is 40.9 Å². The lowest BCUT2D eigenvalue weighted by Crippen LogP contribution is -2.56.